The SMILES string of the molecule is COC(=O)C1(C(=O)OC)NN1C(=O)Nc1ccccc1. The van der Waals surface area contributed by atoms with E-state index in [1.165, 1.54) is 0 Å². The van der Waals surface area contributed by atoms with Crippen molar-refractivity contribution in [1.82, 2.24) is 10.4 Å². The zero-order valence-electron chi connectivity index (χ0n) is 10.9. The van der Waals surface area contributed by atoms with Crippen LogP contribution in [-0.2, 0) is 19.1 Å². The number of ether oxygens (including phenoxy) is 2. The minimum Gasteiger partial charge on any atom is -0.466 e. The van der Waals surface area contributed by atoms with E-state index in [0.29, 0.717) is 5.69 Å². The second kappa shape index (κ2) is 5.17. The summed E-state index contributed by atoms with van der Waals surface area (Å²) in [5.74, 6) is -1.85. The third-order valence-electron chi connectivity index (χ3n) is 2.75. The Hall–Kier alpha value is -2.61. The molecule has 1 saturated heterocycles. The number of carbonyl (C=O) groups is 3. The normalized spacial score (nSPS) is 15.2. The van der Waals surface area contributed by atoms with Crippen LogP contribution in [-0.4, -0.2) is 42.9 Å². The lowest BCUT2D eigenvalue weighted by atomic mass is 10.2. The lowest BCUT2D eigenvalue weighted by Crippen LogP contribution is -2.43. The molecular formula is C12H13N3O5. The molecule has 2 amide bonds. The number of esters is 2. The predicted octanol–water partition coefficient (Wildman–Crippen LogP) is 0.0810. The molecule has 1 heterocycles. The molecule has 0 aliphatic carbocycles. The van der Waals surface area contributed by atoms with Gasteiger partial charge in [0.25, 0.3) is 0 Å². The van der Waals surface area contributed by atoms with E-state index in [0.717, 1.165) is 19.2 Å². The van der Waals surface area contributed by atoms with Crippen LogP contribution in [0.2, 0.25) is 0 Å². The number of methoxy groups -OCH3 is 2. The molecule has 0 saturated carbocycles. The summed E-state index contributed by atoms with van der Waals surface area (Å²) in [6.07, 6.45) is 0. The number of hydrazine groups is 1. The molecular weight excluding hydrogens is 266 g/mol. The number of urea groups is 1. The smallest absolute Gasteiger partial charge is 0.362 e. The Labute approximate surface area is 114 Å². The molecule has 1 fully saturated rings. The second-order valence-corrected chi connectivity index (χ2v) is 3.94. The van der Waals surface area contributed by atoms with E-state index < -0.39 is 23.6 Å². The van der Waals surface area contributed by atoms with Crippen LogP contribution in [0.1, 0.15) is 0 Å². The molecule has 2 rings (SSSR count). The average molecular weight is 279 g/mol. The quantitative estimate of drug-likeness (QED) is 0.461. The van der Waals surface area contributed by atoms with E-state index in [1.807, 2.05) is 0 Å². The van der Waals surface area contributed by atoms with Crippen LogP contribution in [0.4, 0.5) is 10.5 Å². The summed E-state index contributed by atoms with van der Waals surface area (Å²) < 4.78 is 9.01. The Kier molecular flexibility index (Phi) is 3.57. The highest BCUT2D eigenvalue weighted by molar-refractivity contribution is 6.12. The summed E-state index contributed by atoms with van der Waals surface area (Å²) in [5.41, 5.74) is 0.985. The highest BCUT2D eigenvalue weighted by atomic mass is 16.6. The fraction of sp³-hybridized carbons (Fsp3) is 0.250. The summed E-state index contributed by atoms with van der Waals surface area (Å²) in [6, 6.07) is 7.92. The van der Waals surface area contributed by atoms with Crippen LogP contribution in [0.5, 0.6) is 0 Å². The first-order valence-electron chi connectivity index (χ1n) is 5.67. The zero-order valence-corrected chi connectivity index (χ0v) is 10.9. The predicted molar refractivity (Wildman–Crippen MR) is 67.2 cm³/mol. The lowest BCUT2D eigenvalue weighted by molar-refractivity contribution is -0.157. The first-order valence-corrected chi connectivity index (χ1v) is 5.67. The molecule has 0 unspecified atom stereocenters. The second-order valence-electron chi connectivity index (χ2n) is 3.94. The lowest BCUT2D eigenvalue weighted by Gasteiger charge is -2.10. The molecule has 0 aromatic heterocycles. The molecule has 0 radical (unpaired) electrons. The van der Waals surface area contributed by atoms with Gasteiger partial charge in [0.2, 0.25) is 0 Å². The van der Waals surface area contributed by atoms with Crippen LogP contribution < -0.4 is 10.7 Å². The van der Waals surface area contributed by atoms with Crippen LogP contribution in [0.25, 0.3) is 0 Å². The van der Waals surface area contributed by atoms with Gasteiger partial charge < -0.3 is 14.8 Å². The zero-order chi connectivity index (χ0) is 14.8. The monoisotopic (exact) mass is 279 g/mol. The van der Waals surface area contributed by atoms with Gasteiger partial charge in [0.1, 0.15) is 0 Å². The van der Waals surface area contributed by atoms with E-state index in [9.17, 15) is 14.4 Å². The summed E-state index contributed by atoms with van der Waals surface area (Å²) in [7, 11) is 2.22. The van der Waals surface area contributed by atoms with Crippen LogP contribution in [0.15, 0.2) is 30.3 Å². The van der Waals surface area contributed by atoms with Crippen molar-refractivity contribution in [3.8, 4) is 0 Å². The van der Waals surface area contributed by atoms with Gasteiger partial charge in [-0.1, -0.05) is 18.2 Å². The van der Waals surface area contributed by atoms with Crippen molar-refractivity contribution in [3.63, 3.8) is 0 Å². The number of rotatable bonds is 3. The number of anilines is 1. The number of nitrogens with one attached hydrogen (secondary N) is 2. The number of amides is 2. The fourth-order valence-electron chi connectivity index (χ4n) is 1.69. The Balaban J connectivity index is 2.12. The van der Waals surface area contributed by atoms with Crippen LogP contribution in [0, 0.1) is 0 Å². The molecule has 106 valence electrons. The van der Waals surface area contributed by atoms with Crippen molar-refractivity contribution < 1.29 is 23.9 Å². The molecule has 1 aliphatic heterocycles. The third kappa shape index (κ3) is 2.16. The Morgan fingerprint density at radius 2 is 1.65 bits per heavy atom. The molecule has 8 heteroatoms. The molecule has 1 aromatic rings. The molecule has 20 heavy (non-hydrogen) atoms. The van der Waals surface area contributed by atoms with E-state index in [2.05, 4.69) is 20.2 Å². The number of benzene rings is 1. The number of hydrogen-bond acceptors (Lipinski definition) is 6. The van der Waals surface area contributed by atoms with E-state index in [1.54, 1.807) is 30.3 Å². The highest BCUT2D eigenvalue weighted by Crippen LogP contribution is 2.29. The van der Waals surface area contributed by atoms with Gasteiger partial charge in [0, 0.05) is 5.69 Å². The maximum Gasteiger partial charge on any atom is 0.362 e. The Morgan fingerprint density at radius 1 is 1.10 bits per heavy atom. The van der Waals surface area contributed by atoms with E-state index >= 15 is 0 Å². The number of nitrogens with zero attached hydrogens (tertiary/aromatic N) is 1. The van der Waals surface area contributed by atoms with Gasteiger partial charge in [0.05, 0.1) is 14.2 Å². The summed E-state index contributed by atoms with van der Waals surface area (Å²) in [4.78, 5) is 35.3. The van der Waals surface area contributed by atoms with Crippen molar-refractivity contribution in [2.75, 3.05) is 19.5 Å². The van der Waals surface area contributed by atoms with Gasteiger partial charge in [-0.15, -0.1) is 0 Å². The largest absolute Gasteiger partial charge is 0.466 e. The van der Waals surface area contributed by atoms with Gasteiger partial charge in [-0.3, -0.25) is 0 Å². The molecule has 1 aromatic carbocycles. The third-order valence-corrected chi connectivity index (χ3v) is 2.75. The molecule has 0 spiro atoms. The van der Waals surface area contributed by atoms with Gasteiger partial charge >= 0.3 is 23.6 Å². The van der Waals surface area contributed by atoms with Crippen molar-refractivity contribution in [2.45, 2.75) is 5.66 Å². The van der Waals surface area contributed by atoms with Gasteiger partial charge in [-0.05, 0) is 12.1 Å². The standard InChI is InChI=1S/C12H13N3O5/c1-19-9(16)12(10(17)20-2)14-15(12)11(18)13-8-6-4-3-5-7-8/h3-7,14H,1-2H3,(H,13,18). The molecule has 8 nitrogen and oxygen atoms in total. The minimum atomic E-state index is -1.91. The average Bonchev–Trinajstić information content (AvgIpc) is 3.23. The van der Waals surface area contributed by atoms with E-state index in [4.69, 9.17) is 0 Å². The van der Waals surface area contributed by atoms with Crippen molar-refractivity contribution in [2.24, 2.45) is 0 Å². The van der Waals surface area contributed by atoms with E-state index in [-0.39, 0.29) is 0 Å². The number of para-hydroxylation sites is 1. The summed E-state index contributed by atoms with van der Waals surface area (Å²) in [6.45, 7) is 0. The Bertz CT molecular complexity index is 529. The van der Waals surface area contributed by atoms with Crippen molar-refractivity contribution >= 4 is 23.7 Å². The summed E-state index contributed by atoms with van der Waals surface area (Å²) >= 11 is 0. The maximum atomic E-state index is 12.0. The van der Waals surface area contributed by atoms with Crippen molar-refractivity contribution in [3.05, 3.63) is 30.3 Å². The first-order chi connectivity index (χ1) is 9.56. The number of hydrogen-bond donors (Lipinski definition) is 2. The van der Waals surface area contributed by atoms with Crippen LogP contribution >= 0.6 is 0 Å². The van der Waals surface area contributed by atoms with Crippen molar-refractivity contribution in [1.29, 1.82) is 0 Å². The van der Waals surface area contributed by atoms with Gasteiger partial charge in [-0.25, -0.2) is 19.4 Å². The topological polar surface area (TPSA) is 107 Å². The highest BCUT2D eigenvalue weighted by Gasteiger charge is 2.70. The van der Waals surface area contributed by atoms with Gasteiger partial charge in [0.15, 0.2) is 0 Å². The molecule has 0 atom stereocenters. The number of carbonyl (C=O) groups excluding carboxylic acids is 3. The molecule has 0 bridgehead atoms. The Morgan fingerprint density at radius 3 is 2.15 bits per heavy atom. The first kappa shape index (κ1) is 13.8. The fourth-order valence-corrected chi connectivity index (χ4v) is 1.69. The summed E-state index contributed by atoms with van der Waals surface area (Å²) in [5, 5.41) is 3.34. The van der Waals surface area contributed by atoms with Gasteiger partial charge in [-0.2, -0.15) is 5.43 Å². The van der Waals surface area contributed by atoms with Crippen LogP contribution in [0.3, 0.4) is 0 Å². The molecule has 1 aliphatic rings. The minimum absolute atomic E-state index is 0.523. The maximum absolute atomic E-state index is 12.0. The molecule has 2 N–H and O–H groups in total.